The molecule has 0 saturated heterocycles. The van der Waals surface area contributed by atoms with Crippen molar-refractivity contribution in [1.29, 1.82) is 0 Å². The lowest BCUT2D eigenvalue weighted by atomic mass is 10.5. The van der Waals surface area contributed by atoms with Crippen molar-refractivity contribution in [2.24, 2.45) is 0 Å². The maximum atomic E-state index is 3.84. The Morgan fingerprint density at radius 3 is 3.33 bits per heavy atom. The third-order valence-corrected chi connectivity index (χ3v) is 1.25. The summed E-state index contributed by atoms with van der Waals surface area (Å²) < 4.78 is 1.92. The van der Waals surface area contributed by atoms with Gasteiger partial charge in [0.15, 0.2) is 0 Å². The lowest BCUT2D eigenvalue weighted by molar-refractivity contribution is -0.512. The summed E-state index contributed by atoms with van der Waals surface area (Å²) in [5, 5.41) is 6.67. The molecule has 0 aromatic carbocycles. The maximum absolute atomic E-state index is 3.84. The van der Waals surface area contributed by atoms with E-state index in [1.807, 2.05) is 28.8 Å². The SMILES string of the molecule is c1cc[n+]2cn[nH]c2c1. The molecule has 0 aliphatic carbocycles. The molecule has 2 rings (SSSR count). The van der Waals surface area contributed by atoms with Crippen LogP contribution in [0.5, 0.6) is 0 Å². The second kappa shape index (κ2) is 1.55. The van der Waals surface area contributed by atoms with Gasteiger partial charge in [-0.2, -0.15) is 0 Å². The first kappa shape index (κ1) is 4.49. The van der Waals surface area contributed by atoms with Gasteiger partial charge in [0.05, 0.1) is 6.20 Å². The zero-order chi connectivity index (χ0) is 6.10. The lowest BCUT2D eigenvalue weighted by Crippen LogP contribution is -2.15. The molecule has 0 aliphatic rings. The van der Waals surface area contributed by atoms with Crippen LogP contribution in [0.3, 0.4) is 0 Å². The van der Waals surface area contributed by atoms with Gasteiger partial charge in [0.2, 0.25) is 0 Å². The van der Waals surface area contributed by atoms with Crippen molar-refractivity contribution < 1.29 is 4.40 Å². The van der Waals surface area contributed by atoms with E-state index < -0.39 is 0 Å². The monoisotopic (exact) mass is 120 g/mol. The molecule has 3 nitrogen and oxygen atoms in total. The Labute approximate surface area is 52.0 Å². The van der Waals surface area contributed by atoms with Gasteiger partial charge in [-0.3, -0.25) is 0 Å². The second-order valence-electron chi connectivity index (χ2n) is 1.85. The standard InChI is InChI=1S/C6H5N3/c1-2-4-9-5-7-8-6(9)3-1/h1-5H/p+1. The van der Waals surface area contributed by atoms with Gasteiger partial charge >= 0.3 is 0 Å². The molecule has 0 spiro atoms. The van der Waals surface area contributed by atoms with E-state index in [0.29, 0.717) is 0 Å². The Balaban J connectivity index is 2.95. The second-order valence-corrected chi connectivity index (χ2v) is 1.85. The molecular formula is C6H6N3+. The fourth-order valence-electron chi connectivity index (χ4n) is 0.808. The van der Waals surface area contributed by atoms with Crippen LogP contribution in [0, 0.1) is 0 Å². The van der Waals surface area contributed by atoms with Crippen molar-refractivity contribution in [3.8, 4) is 0 Å². The Hall–Kier alpha value is -1.38. The summed E-state index contributed by atoms with van der Waals surface area (Å²) in [4.78, 5) is 0. The Morgan fingerprint density at radius 2 is 2.44 bits per heavy atom. The smallest absolute Gasteiger partial charge is 0.204 e. The number of H-pyrrole nitrogens is 1. The van der Waals surface area contributed by atoms with Crippen LogP contribution >= 0.6 is 0 Å². The van der Waals surface area contributed by atoms with Gasteiger partial charge < -0.3 is 0 Å². The Kier molecular flexibility index (Phi) is 0.773. The molecule has 2 aromatic heterocycles. The lowest BCUT2D eigenvalue weighted by Gasteiger charge is -1.78. The quantitative estimate of drug-likeness (QED) is 0.493. The van der Waals surface area contributed by atoms with Crippen molar-refractivity contribution >= 4 is 5.65 Å². The van der Waals surface area contributed by atoms with Crippen molar-refractivity contribution in [2.75, 3.05) is 0 Å². The summed E-state index contributed by atoms with van der Waals surface area (Å²) in [6, 6.07) is 5.89. The maximum Gasteiger partial charge on any atom is 0.269 e. The highest BCUT2D eigenvalue weighted by molar-refractivity contribution is 5.24. The molecule has 0 atom stereocenters. The zero-order valence-corrected chi connectivity index (χ0v) is 4.78. The highest BCUT2D eigenvalue weighted by atomic mass is 15.2. The van der Waals surface area contributed by atoms with Gasteiger partial charge in [-0.25, -0.2) is 4.40 Å². The first-order valence-electron chi connectivity index (χ1n) is 2.76. The summed E-state index contributed by atoms with van der Waals surface area (Å²) in [5.74, 6) is 0. The average molecular weight is 120 g/mol. The van der Waals surface area contributed by atoms with E-state index in [0.717, 1.165) is 5.65 Å². The predicted octanol–water partition coefficient (Wildman–Crippen LogP) is 0.148. The summed E-state index contributed by atoms with van der Waals surface area (Å²) in [6.07, 6.45) is 3.67. The number of hydrogen-bond donors (Lipinski definition) is 1. The molecule has 44 valence electrons. The minimum Gasteiger partial charge on any atom is -0.204 e. The summed E-state index contributed by atoms with van der Waals surface area (Å²) >= 11 is 0. The molecule has 2 aromatic rings. The van der Waals surface area contributed by atoms with Gasteiger partial charge in [-0.1, -0.05) is 6.07 Å². The number of hydrogen-bond acceptors (Lipinski definition) is 1. The number of nitrogens with zero attached hydrogens (tertiary/aromatic N) is 2. The van der Waals surface area contributed by atoms with E-state index in [-0.39, 0.29) is 0 Å². The van der Waals surface area contributed by atoms with Gasteiger partial charge in [0, 0.05) is 11.2 Å². The van der Waals surface area contributed by atoms with E-state index >= 15 is 0 Å². The largest absolute Gasteiger partial charge is 0.269 e. The van der Waals surface area contributed by atoms with E-state index in [4.69, 9.17) is 0 Å². The summed E-state index contributed by atoms with van der Waals surface area (Å²) in [6.45, 7) is 0. The normalized spacial score (nSPS) is 10.2. The van der Waals surface area contributed by atoms with Crippen LogP contribution < -0.4 is 4.40 Å². The first-order valence-corrected chi connectivity index (χ1v) is 2.76. The van der Waals surface area contributed by atoms with E-state index in [1.54, 1.807) is 6.33 Å². The van der Waals surface area contributed by atoms with Crippen molar-refractivity contribution in [1.82, 2.24) is 10.2 Å². The number of pyridine rings is 1. The Morgan fingerprint density at radius 1 is 1.44 bits per heavy atom. The molecule has 0 saturated carbocycles. The number of aromatic amines is 1. The Bertz CT molecular complexity index is 282. The fourth-order valence-corrected chi connectivity index (χ4v) is 0.808. The van der Waals surface area contributed by atoms with Crippen molar-refractivity contribution in [3.05, 3.63) is 30.7 Å². The number of nitrogens with one attached hydrogen (secondary N) is 1. The topological polar surface area (TPSA) is 32.8 Å². The van der Waals surface area contributed by atoms with Crippen LogP contribution in [-0.2, 0) is 0 Å². The average Bonchev–Trinajstić information content (AvgIpc) is 2.33. The molecule has 1 N–H and O–H groups in total. The predicted molar refractivity (Wildman–Crippen MR) is 31.7 cm³/mol. The number of aromatic nitrogens is 3. The molecule has 0 unspecified atom stereocenters. The number of fused-ring (bicyclic) bond motifs is 1. The minimum absolute atomic E-state index is 1.01. The first-order chi connectivity index (χ1) is 4.47. The molecule has 2 heterocycles. The summed E-state index contributed by atoms with van der Waals surface area (Å²) in [7, 11) is 0. The van der Waals surface area contributed by atoms with Crippen molar-refractivity contribution in [2.45, 2.75) is 0 Å². The third-order valence-electron chi connectivity index (χ3n) is 1.25. The zero-order valence-electron chi connectivity index (χ0n) is 4.78. The molecule has 0 aliphatic heterocycles. The van der Waals surface area contributed by atoms with E-state index in [9.17, 15) is 0 Å². The van der Waals surface area contributed by atoms with Gasteiger partial charge in [0.1, 0.15) is 0 Å². The highest BCUT2D eigenvalue weighted by Gasteiger charge is 1.95. The molecule has 0 bridgehead atoms. The van der Waals surface area contributed by atoms with Gasteiger partial charge in [0.25, 0.3) is 12.0 Å². The van der Waals surface area contributed by atoms with Crippen LogP contribution in [0.25, 0.3) is 5.65 Å². The molecule has 9 heavy (non-hydrogen) atoms. The van der Waals surface area contributed by atoms with Crippen LogP contribution in [0.15, 0.2) is 30.7 Å². The molecule has 0 fully saturated rings. The van der Waals surface area contributed by atoms with E-state index in [1.165, 1.54) is 0 Å². The number of rotatable bonds is 0. The minimum atomic E-state index is 1.01. The molecule has 0 amide bonds. The highest BCUT2D eigenvalue weighted by Crippen LogP contribution is 1.85. The van der Waals surface area contributed by atoms with Gasteiger partial charge in [-0.15, -0.1) is 5.10 Å². The molecule has 3 heteroatoms. The summed E-state index contributed by atoms with van der Waals surface area (Å²) in [5.41, 5.74) is 1.01. The molecule has 0 radical (unpaired) electrons. The van der Waals surface area contributed by atoms with Crippen LogP contribution in [0.1, 0.15) is 0 Å². The van der Waals surface area contributed by atoms with Crippen molar-refractivity contribution in [3.63, 3.8) is 0 Å². The van der Waals surface area contributed by atoms with Crippen LogP contribution in [0.2, 0.25) is 0 Å². The van der Waals surface area contributed by atoms with Gasteiger partial charge in [-0.05, 0) is 6.07 Å². The fraction of sp³-hybridized carbons (Fsp3) is 0. The molecular weight excluding hydrogens is 114 g/mol. The third kappa shape index (κ3) is 0.579. The van der Waals surface area contributed by atoms with Crippen LogP contribution in [0.4, 0.5) is 0 Å². The van der Waals surface area contributed by atoms with Crippen LogP contribution in [-0.4, -0.2) is 10.2 Å². The van der Waals surface area contributed by atoms with E-state index in [2.05, 4.69) is 10.2 Å².